The zero-order chi connectivity index (χ0) is 21.2. The maximum absolute atomic E-state index is 12.8. The van der Waals surface area contributed by atoms with E-state index in [9.17, 15) is 20.0 Å². The number of rotatable bonds is 3. The number of ether oxygens (including phenoxy) is 1. The Morgan fingerprint density at radius 1 is 1.14 bits per heavy atom. The van der Waals surface area contributed by atoms with Crippen LogP contribution >= 0.6 is 0 Å². The number of nitro groups is 1. The Morgan fingerprint density at radius 2 is 1.76 bits per heavy atom. The van der Waals surface area contributed by atoms with Crippen LogP contribution in [0.5, 0.6) is 0 Å². The van der Waals surface area contributed by atoms with Crippen LogP contribution in [-0.2, 0) is 4.74 Å². The smallest absolute Gasteiger partial charge is 0.416 e. The first-order valence-electron chi connectivity index (χ1n) is 9.37. The first kappa shape index (κ1) is 20.5. The average Bonchev–Trinajstić information content (AvgIpc) is 2.66. The Labute approximate surface area is 169 Å². The number of nitrogens with zero attached hydrogens (tertiary/aromatic N) is 2. The number of carbonyl (C=O) groups is 1. The van der Waals surface area contributed by atoms with E-state index in [1.54, 1.807) is 32.9 Å². The van der Waals surface area contributed by atoms with Crippen molar-refractivity contribution in [3.63, 3.8) is 0 Å². The molecule has 0 spiro atoms. The van der Waals surface area contributed by atoms with Gasteiger partial charge in [0.25, 0.3) is 5.69 Å². The Hall–Kier alpha value is -3.19. The van der Waals surface area contributed by atoms with E-state index >= 15 is 0 Å². The van der Waals surface area contributed by atoms with Crippen LogP contribution in [0.3, 0.4) is 0 Å². The van der Waals surface area contributed by atoms with Gasteiger partial charge in [-0.3, -0.25) is 15.0 Å². The predicted octanol–water partition coefficient (Wildman–Crippen LogP) is 4.68. The molecule has 0 aromatic heterocycles. The molecule has 1 amide bonds. The van der Waals surface area contributed by atoms with Gasteiger partial charge >= 0.3 is 6.09 Å². The van der Waals surface area contributed by atoms with Crippen molar-refractivity contribution in [3.05, 3.63) is 81.9 Å². The van der Waals surface area contributed by atoms with Gasteiger partial charge in [-0.15, -0.1) is 0 Å². The minimum absolute atomic E-state index is 0.00718. The van der Waals surface area contributed by atoms with Gasteiger partial charge in [-0.2, -0.15) is 0 Å². The van der Waals surface area contributed by atoms with Crippen molar-refractivity contribution >= 4 is 17.5 Å². The van der Waals surface area contributed by atoms with Gasteiger partial charge in [-0.1, -0.05) is 48.5 Å². The molecule has 0 saturated carbocycles. The lowest BCUT2D eigenvalue weighted by Gasteiger charge is -2.37. The van der Waals surface area contributed by atoms with Crippen molar-refractivity contribution in [3.8, 4) is 0 Å². The largest absolute Gasteiger partial charge is 0.443 e. The number of aliphatic hydroxyl groups excluding tert-OH is 1. The van der Waals surface area contributed by atoms with E-state index in [4.69, 9.17) is 4.74 Å². The predicted molar refractivity (Wildman–Crippen MR) is 109 cm³/mol. The van der Waals surface area contributed by atoms with Gasteiger partial charge < -0.3 is 9.84 Å². The van der Waals surface area contributed by atoms with Crippen LogP contribution in [0.4, 0.5) is 10.5 Å². The van der Waals surface area contributed by atoms with Crippen LogP contribution < -0.4 is 0 Å². The van der Waals surface area contributed by atoms with Crippen molar-refractivity contribution in [1.29, 1.82) is 0 Å². The Morgan fingerprint density at radius 3 is 2.31 bits per heavy atom. The second kappa shape index (κ2) is 8.05. The van der Waals surface area contributed by atoms with E-state index in [-0.39, 0.29) is 18.0 Å². The summed E-state index contributed by atoms with van der Waals surface area (Å²) in [4.78, 5) is 24.5. The third kappa shape index (κ3) is 4.81. The number of amides is 1. The summed E-state index contributed by atoms with van der Waals surface area (Å²) in [5.41, 5.74) is 1.44. The van der Waals surface area contributed by atoms with Crippen molar-refractivity contribution in [1.82, 2.24) is 4.90 Å². The van der Waals surface area contributed by atoms with Crippen LogP contribution in [0, 0.1) is 10.1 Å². The summed E-state index contributed by atoms with van der Waals surface area (Å²) in [6, 6.07) is 15.5. The zero-order valence-corrected chi connectivity index (χ0v) is 16.6. The number of nitro benzene ring substituents is 1. The molecule has 0 aliphatic carbocycles. The Balaban J connectivity index is 2.01. The zero-order valence-electron chi connectivity index (χ0n) is 16.6. The number of hydrogen-bond acceptors (Lipinski definition) is 5. The standard InChI is InChI=1S/C22H24N2O5/c1-22(2,3)29-21(26)23-19(16-7-5-4-6-8-16)13-17(14-20(23)25)15-9-11-18(12-10-15)24(27)28/h4-13,17,20,25H,14H2,1-3H3/t17-,20+/m0/s1. The molecule has 0 bridgehead atoms. The average molecular weight is 396 g/mol. The lowest BCUT2D eigenvalue weighted by molar-refractivity contribution is -0.384. The van der Waals surface area contributed by atoms with Gasteiger partial charge in [0.15, 0.2) is 0 Å². The summed E-state index contributed by atoms with van der Waals surface area (Å²) in [6.07, 6.45) is 0.438. The van der Waals surface area contributed by atoms with Gasteiger partial charge in [0.1, 0.15) is 11.8 Å². The fraction of sp³-hybridized carbons (Fsp3) is 0.318. The quantitative estimate of drug-likeness (QED) is 0.601. The van der Waals surface area contributed by atoms with E-state index in [1.165, 1.54) is 17.0 Å². The molecule has 7 nitrogen and oxygen atoms in total. The minimum atomic E-state index is -1.09. The molecule has 7 heteroatoms. The number of aliphatic hydroxyl groups is 1. The number of non-ortho nitro benzene ring substituents is 1. The number of hydrogen-bond donors (Lipinski definition) is 1. The molecule has 3 rings (SSSR count). The summed E-state index contributed by atoms with van der Waals surface area (Å²) in [5, 5.41) is 21.7. The normalized spacial score (nSPS) is 19.4. The van der Waals surface area contributed by atoms with Gasteiger partial charge in [-0.25, -0.2) is 4.79 Å². The van der Waals surface area contributed by atoms with E-state index < -0.39 is 22.8 Å². The Bertz CT molecular complexity index is 916. The SMILES string of the molecule is CC(C)(C)OC(=O)N1C(c2ccccc2)=C[C@H](c2ccc([N+](=O)[O-])cc2)C[C@H]1O. The van der Waals surface area contributed by atoms with Crippen molar-refractivity contribution in [2.24, 2.45) is 0 Å². The van der Waals surface area contributed by atoms with Crippen molar-refractivity contribution in [2.75, 3.05) is 0 Å². The number of allylic oxidation sites excluding steroid dienone is 1. The van der Waals surface area contributed by atoms with Gasteiger partial charge in [-0.05, 0) is 31.9 Å². The van der Waals surface area contributed by atoms with E-state index in [0.717, 1.165) is 11.1 Å². The topological polar surface area (TPSA) is 92.9 Å². The van der Waals surface area contributed by atoms with Crippen LogP contribution in [0.25, 0.3) is 5.70 Å². The van der Waals surface area contributed by atoms with Crippen LogP contribution in [0.15, 0.2) is 60.7 Å². The van der Waals surface area contributed by atoms with Gasteiger partial charge in [0, 0.05) is 24.5 Å². The van der Waals surface area contributed by atoms with Gasteiger partial charge in [0.05, 0.1) is 10.6 Å². The molecule has 1 aliphatic heterocycles. The second-order valence-electron chi connectivity index (χ2n) is 7.94. The summed E-state index contributed by atoms with van der Waals surface area (Å²) in [6.45, 7) is 5.31. The lowest BCUT2D eigenvalue weighted by Crippen LogP contribution is -2.44. The van der Waals surface area contributed by atoms with Crippen molar-refractivity contribution in [2.45, 2.75) is 44.9 Å². The maximum atomic E-state index is 12.8. The fourth-order valence-electron chi connectivity index (χ4n) is 3.28. The molecule has 1 heterocycles. The first-order valence-corrected chi connectivity index (χ1v) is 9.37. The molecule has 0 fully saturated rings. The Kier molecular flexibility index (Phi) is 5.70. The molecule has 152 valence electrons. The molecule has 2 aromatic carbocycles. The number of carbonyl (C=O) groups excluding carboxylic acids is 1. The molecule has 29 heavy (non-hydrogen) atoms. The van der Waals surface area contributed by atoms with Crippen LogP contribution in [-0.4, -0.2) is 32.9 Å². The van der Waals surface area contributed by atoms with Crippen LogP contribution in [0.1, 0.15) is 44.2 Å². The monoisotopic (exact) mass is 396 g/mol. The molecular weight excluding hydrogens is 372 g/mol. The maximum Gasteiger partial charge on any atom is 0.416 e. The first-order chi connectivity index (χ1) is 13.7. The summed E-state index contributed by atoms with van der Waals surface area (Å²) in [5.74, 6) is -0.209. The molecular formula is C22H24N2O5. The van der Waals surface area contributed by atoms with Crippen LogP contribution in [0.2, 0.25) is 0 Å². The van der Waals surface area contributed by atoms with Crippen molar-refractivity contribution < 1.29 is 19.6 Å². The van der Waals surface area contributed by atoms with E-state index in [2.05, 4.69) is 0 Å². The highest BCUT2D eigenvalue weighted by molar-refractivity contribution is 5.83. The third-order valence-electron chi connectivity index (χ3n) is 4.57. The summed E-state index contributed by atoms with van der Waals surface area (Å²) >= 11 is 0. The third-order valence-corrected chi connectivity index (χ3v) is 4.57. The molecule has 2 atom stereocenters. The number of benzene rings is 2. The highest BCUT2D eigenvalue weighted by Gasteiger charge is 2.36. The minimum Gasteiger partial charge on any atom is -0.443 e. The van der Waals surface area contributed by atoms with Gasteiger partial charge in [0.2, 0.25) is 0 Å². The molecule has 0 radical (unpaired) electrons. The van der Waals surface area contributed by atoms with E-state index in [1.807, 2.05) is 36.4 Å². The van der Waals surface area contributed by atoms with E-state index in [0.29, 0.717) is 5.70 Å². The lowest BCUT2D eigenvalue weighted by atomic mass is 9.89. The molecule has 0 unspecified atom stereocenters. The summed E-state index contributed by atoms with van der Waals surface area (Å²) in [7, 11) is 0. The molecule has 2 aromatic rings. The fourth-order valence-corrected chi connectivity index (χ4v) is 3.28. The second-order valence-corrected chi connectivity index (χ2v) is 7.94. The highest BCUT2D eigenvalue weighted by atomic mass is 16.6. The highest BCUT2D eigenvalue weighted by Crippen LogP contribution is 2.37. The summed E-state index contributed by atoms with van der Waals surface area (Å²) < 4.78 is 5.49. The molecule has 1 aliphatic rings. The molecule has 0 saturated heterocycles. The molecule has 1 N–H and O–H groups in total.